The van der Waals surface area contributed by atoms with Crippen LogP contribution in [0.25, 0.3) is 11.0 Å². The van der Waals surface area contributed by atoms with Gasteiger partial charge in [-0.05, 0) is 43.5 Å². The van der Waals surface area contributed by atoms with E-state index in [1.165, 1.54) is 0 Å². The largest absolute Gasteiger partial charge is 0.367 e. The minimum absolute atomic E-state index is 0.0959. The number of H-pyrrole nitrogens is 1. The third kappa shape index (κ3) is 2.13. The predicted octanol–water partition coefficient (Wildman–Crippen LogP) is 3.36. The molecule has 0 bridgehead atoms. The molecule has 0 spiro atoms. The van der Waals surface area contributed by atoms with Gasteiger partial charge in [0.15, 0.2) is 5.65 Å². The van der Waals surface area contributed by atoms with Crippen molar-refractivity contribution in [3.63, 3.8) is 0 Å². The average molecular weight is 296 g/mol. The smallest absolute Gasteiger partial charge is 0.181 e. The number of benzene rings is 1. The Bertz CT molecular complexity index is 840. The molecule has 1 N–H and O–H groups in total. The van der Waals surface area contributed by atoms with Gasteiger partial charge in [-0.1, -0.05) is 6.07 Å². The van der Waals surface area contributed by atoms with Gasteiger partial charge in [-0.25, -0.2) is 9.37 Å². The van der Waals surface area contributed by atoms with Crippen molar-refractivity contribution in [2.75, 3.05) is 11.4 Å². The zero-order valence-electron chi connectivity index (χ0n) is 12.4. The number of fused-ring (bicyclic) bond motifs is 2. The molecular weight excluding hydrogens is 279 g/mol. The molecule has 112 valence electrons. The lowest BCUT2D eigenvalue weighted by atomic mass is 10.0. The third-order valence-electron chi connectivity index (χ3n) is 4.32. The van der Waals surface area contributed by atoms with E-state index in [1.807, 2.05) is 19.2 Å². The summed E-state index contributed by atoms with van der Waals surface area (Å²) in [4.78, 5) is 6.63. The summed E-state index contributed by atoms with van der Waals surface area (Å²) in [6, 6.07) is 7.46. The highest BCUT2D eigenvalue weighted by Gasteiger charge is 2.20. The second-order valence-corrected chi connectivity index (χ2v) is 5.83. The van der Waals surface area contributed by atoms with Gasteiger partial charge in [0.2, 0.25) is 0 Å². The zero-order chi connectivity index (χ0) is 15.1. The maximum atomic E-state index is 14.0. The number of hydrogen-bond donors (Lipinski definition) is 1. The summed E-state index contributed by atoms with van der Waals surface area (Å²) in [6.45, 7) is 3.68. The van der Waals surface area contributed by atoms with Crippen LogP contribution in [-0.2, 0) is 13.0 Å². The molecule has 0 radical (unpaired) electrons. The maximum absolute atomic E-state index is 14.0. The Morgan fingerprint density at radius 3 is 3.18 bits per heavy atom. The molecule has 1 aromatic carbocycles. The molecule has 2 aromatic heterocycles. The zero-order valence-corrected chi connectivity index (χ0v) is 12.4. The van der Waals surface area contributed by atoms with Gasteiger partial charge < -0.3 is 4.90 Å². The van der Waals surface area contributed by atoms with E-state index < -0.39 is 0 Å². The van der Waals surface area contributed by atoms with Gasteiger partial charge in [0.05, 0.1) is 0 Å². The number of rotatable bonds is 2. The molecule has 0 saturated carbocycles. The van der Waals surface area contributed by atoms with Crippen molar-refractivity contribution >= 4 is 16.7 Å². The minimum atomic E-state index is -0.0959. The minimum Gasteiger partial charge on any atom is -0.367 e. The first-order chi connectivity index (χ1) is 10.7. The van der Waals surface area contributed by atoms with E-state index in [9.17, 15) is 4.39 Å². The van der Waals surface area contributed by atoms with Crippen LogP contribution in [0, 0.1) is 12.7 Å². The Morgan fingerprint density at radius 1 is 1.36 bits per heavy atom. The average Bonchev–Trinajstić information content (AvgIpc) is 2.90. The predicted molar refractivity (Wildman–Crippen MR) is 84.4 cm³/mol. The van der Waals surface area contributed by atoms with Crippen LogP contribution in [0.2, 0.25) is 0 Å². The normalized spacial score (nSPS) is 14.4. The Hall–Kier alpha value is -2.43. The first kappa shape index (κ1) is 13.2. The number of aromatic amines is 1. The molecule has 0 saturated heterocycles. The van der Waals surface area contributed by atoms with E-state index in [4.69, 9.17) is 0 Å². The molecule has 3 aromatic rings. The van der Waals surface area contributed by atoms with Crippen molar-refractivity contribution in [1.82, 2.24) is 15.2 Å². The molecule has 0 aliphatic carbocycles. The van der Waals surface area contributed by atoms with E-state index >= 15 is 0 Å². The molecule has 5 heteroatoms. The molecule has 4 nitrogen and oxygen atoms in total. The van der Waals surface area contributed by atoms with Gasteiger partial charge in [0.25, 0.3) is 0 Å². The number of aromatic nitrogens is 3. The molecule has 0 amide bonds. The molecule has 22 heavy (non-hydrogen) atoms. The monoisotopic (exact) mass is 296 g/mol. The molecule has 3 heterocycles. The van der Waals surface area contributed by atoms with Crippen molar-refractivity contribution in [1.29, 1.82) is 0 Å². The first-order valence-corrected chi connectivity index (χ1v) is 7.54. The van der Waals surface area contributed by atoms with Crippen LogP contribution in [0.5, 0.6) is 0 Å². The van der Waals surface area contributed by atoms with Gasteiger partial charge in [0.1, 0.15) is 5.82 Å². The number of nitrogens with one attached hydrogen (secondary N) is 1. The summed E-state index contributed by atoms with van der Waals surface area (Å²) in [5, 5.41) is 8.16. The number of halogens is 1. The highest BCUT2D eigenvalue weighted by molar-refractivity contribution is 5.78. The SMILES string of the molecule is Cc1[nH]nc2ncc(CN3CCCc4c(F)cccc43)cc12. The summed E-state index contributed by atoms with van der Waals surface area (Å²) in [7, 11) is 0. The molecule has 1 aliphatic heterocycles. The van der Waals surface area contributed by atoms with E-state index in [2.05, 4.69) is 26.1 Å². The van der Waals surface area contributed by atoms with E-state index in [1.54, 1.807) is 12.1 Å². The molecule has 0 fully saturated rings. The van der Waals surface area contributed by atoms with Gasteiger partial charge in [-0.2, -0.15) is 5.10 Å². The van der Waals surface area contributed by atoms with Crippen molar-refractivity contribution in [3.05, 3.63) is 53.1 Å². The van der Waals surface area contributed by atoms with Crippen LogP contribution in [0.3, 0.4) is 0 Å². The molecule has 4 rings (SSSR count). The van der Waals surface area contributed by atoms with Crippen LogP contribution in [-0.4, -0.2) is 21.7 Å². The Balaban J connectivity index is 1.69. The third-order valence-corrected chi connectivity index (χ3v) is 4.32. The molecule has 0 atom stereocenters. The fourth-order valence-electron chi connectivity index (χ4n) is 3.19. The lowest BCUT2D eigenvalue weighted by Crippen LogP contribution is -2.29. The highest BCUT2D eigenvalue weighted by atomic mass is 19.1. The molecular formula is C17H17FN4. The van der Waals surface area contributed by atoms with Crippen LogP contribution < -0.4 is 4.90 Å². The van der Waals surface area contributed by atoms with Gasteiger partial charge in [-0.15, -0.1) is 0 Å². The van der Waals surface area contributed by atoms with E-state index in [0.29, 0.717) is 0 Å². The molecule has 0 unspecified atom stereocenters. The standard InChI is InChI=1S/C17H17FN4/c1-11-14-8-12(9-19-17(14)21-20-11)10-22-7-3-4-13-15(18)5-2-6-16(13)22/h2,5-6,8-9H,3-4,7,10H2,1H3,(H,19,20,21). The summed E-state index contributed by atoms with van der Waals surface area (Å²) in [6.07, 6.45) is 3.65. The van der Waals surface area contributed by atoms with E-state index in [0.717, 1.165) is 59.5 Å². The number of hydrogen-bond acceptors (Lipinski definition) is 3. The number of anilines is 1. The van der Waals surface area contributed by atoms with Crippen LogP contribution in [0.15, 0.2) is 30.5 Å². The van der Waals surface area contributed by atoms with E-state index in [-0.39, 0.29) is 5.82 Å². The topological polar surface area (TPSA) is 44.8 Å². The van der Waals surface area contributed by atoms with Crippen LogP contribution >= 0.6 is 0 Å². The maximum Gasteiger partial charge on any atom is 0.181 e. The van der Waals surface area contributed by atoms with Gasteiger partial charge in [0, 0.05) is 41.6 Å². The van der Waals surface area contributed by atoms with Gasteiger partial charge >= 0.3 is 0 Å². The Kier molecular flexibility index (Phi) is 3.06. The summed E-state index contributed by atoms with van der Waals surface area (Å²) in [5.41, 5.74) is 4.73. The summed E-state index contributed by atoms with van der Waals surface area (Å²) < 4.78 is 14.0. The second kappa shape index (κ2) is 5.09. The lowest BCUT2D eigenvalue weighted by molar-refractivity contribution is 0.587. The Morgan fingerprint density at radius 2 is 2.27 bits per heavy atom. The van der Waals surface area contributed by atoms with Crippen molar-refractivity contribution in [2.24, 2.45) is 0 Å². The fraction of sp³-hybridized carbons (Fsp3) is 0.294. The van der Waals surface area contributed by atoms with Crippen LogP contribution in [0.4, 0.5) is 10.1 Å². The Labute approximate surface area is 128 Å². The summed E-state index contributed by atoms with van der Waals surface area (Å²) >= 11 is 0. The number of nitrogens with zero attached hydrogens (tertiary/aromatic N) is 3. The lowest BCUT2D eigenvalue weighted by Gasteiger charge is -2.31. The first-order valence-electron chi connectivity index (χ1n) is 7.54. The van der Waals surface area contributed by atoms with Crippen molar-refractivity contribution in [2.45, 2.75) is 26.3 Å². The highest BCUT2D eigenvalue weighted by Crippen LogP contribution is 2.30. The van der Waals surface area contributed by atoms with Crippen LogP contribution in [0.1, 0.15) is 23.2 Å². The van der Waals surface area contributed by atoms with Gasteiger partial charge in [-0.3, -0.25) is 5.10 Å². The van der Waals surface area contributed by atoms with Crippen molar-refractivity contribution in [3.8, 4) is 0 Å². The quantitative estimate of drug-likeness (QED) is 0.788. The molecule has 1 aliphatic rings. The van der Waals surface area contributed by atoms with Crippen molar-refractivity contribution < 1.29 is 4.39 Å². The second-order valence-electron chi connectivity index (χ2n) is 5.83. The number of aryl methyl sites for hydroxylation is 1. The number of pyridine rings is 1. The summed E-state index contributed by atoms with van der Waals surface area (Å²) in [5.74, 6) is -0.0959. The fourth-order valence-corrected chi connectivity index (χ4v) is 3.19.